The Kier molecular flexibility index (Phi) is 4.43. The molecule has 2 heterocycles. The first kappa shape index (κ1) is 17.9. The molecule has 1 fully saturated rings. The normalized spacial score (nSPS) is 18.6. The lowest BCUT2D eigenvalue weighted by Gasteiger charge is -2.18. The summed E-state index contributed by atoms with van der Waals surface area (Å²) in [5, 5.41) is 0.484. The highest BCUT2D eigenvalue weighted by Gasteiger charge is 2.42. The number of imide groups is 1. The van der Waals surface area contributed by atoms with Crippen molar-refractivity contribution >= 4 is 29.4 Å². The van der Waals surface area contributed by atoms with Crippen LogP contribution >= 0.6 is 0 Å². The number of amides is 3. The summed E-state index contributed by atoms with van der Waals surface area (Å²) in [5.41, 5.74) is 2.20. The van der Waals surface area contributed by atoms with Gasteiger partial charge in [0, 0.05) is 18.7 Å². The van der Waals surface area contributed by atoms with E-state index in [2.05, 4.69) is 0 Å². The summed E-state index contributed by atoms with van der Waals surface area (Å²) in [7, 11) is 0. The van der Waals surface area contributed by atoms with E-state index >= 15 is 0 Å². The van der Waals surface area contributed by atoms with Crippen molar-refractivity contribution < 1.29 is 24.0 Å². The second kappa shape index (κ2) is 6.92. The van der Waals surface area contributed by atoms with Crippen molar-refractivity contribution in [2.24, 2.45) is 5.92 Å². The molecule has 142 valence electrons. The van der Waals surface area contributed by atoms with Gasteiger partial charge in [0.05, 0.1) is 17.0 Å². The summed E-state index contributed by atoms with van der Waals surface area (Å²) in [6, 6.07) is 13.8. The number of carbonyl (C=O) groups excluding carboxylic acids is 4. The average Bonchev–Trinajstić information content (AvgIpc) is 3.22. The monoisotopic (exact) mass is 378 g/mol. The van der Waals surface area contributed by atoms with Gasteiger partial charge in [0.1, 0.15) is 0 Å². The van der Waals surface area contributed by atoms with Gasteiger partial charge in [-0.2, -0.15) is 0 Å². The van der Waals surface area contributed by atoms with Crippen molar-refractivity contribution in [1.29, 1.82) is 0 Å². The fraction of sp³-hybridized carbons (Fsp3) is 0.238. The molecule has 0 radical (unpaired) electrons. The van der Waals surface area contributed by atoms with Gasteiger partial charge in [-0.1, -0.05) is 36.3 Å². The summed E-state index contributed by atoms with van der Waals surface area (Å²) in [4.78, 5) is 56.2. The lowest BCUT2D eigenvalue weighted by Crippen LogP contribution is -2.36. The zero-order chi connectivity index (χ0) is 19.8. The minimum absolute atomic E-state index is 0.0294. The Hall–Kier alpha value is -3.48. The van der Waals surface area contributed by atoms with Crippen molar-refractivity contribution in [2.45, 2.75) is 19.8 Å². The van der Waals surface area contributed by atoms with E-state index in [1.54, 1.807) is 12.1 Å². The van der Waals surface area contributed by atoms with Crippen molar-refractivity contribution in [2.75, 3.05) is 11.4 Å². The summed E-state index contributed by atoms with van der Waals surface area (Å²) >= 11 is 0. The maximum Gasteiger partial charge on any atom is 0.338 e. The molecule has 0 aliphatic carbocycles. The molecular weight excluding hydrogens is 360 g/mol. The number of hydrogen-bond acceptors (Lipinski definition) is 5. The van der Waals surface area contributed by atoms with Gasteiger partial charge in [-0.3, -0.25) is 14.4 Å². The van der Waals surface area contributed by atoms with Gasteiger partial charge in [0.2, 0.25) is 5.91 Å². The van der Waals surface area contributed by atoms with Crippen molar-refractivity contribution in [3.05, 3.63) is 65.2 Å². The third-order valence-electron chi connectivity index (χ3n) is 5.03. The van der Waals surface area contributed by atoms with Gasteiger partial charge in [-0.15, -0.1) is 0 Å². The van der Waals surface area contributed by atoms with E-state index in [-0.39, 0.29) is 30.0 Å². The van der Waals surface area contributed by atoms with Crippen molar-refractivity contribution in [3.8, 4) is 0 Å². The van der Waals surface area contributed by atoms with Crippen LogP contribution in [-0.4, -0.2) is 35.3 Å². The standard InChI is InChI=1S/C21H18N2O5/c1-2-13-6-5-7-15(10-13)22-12-14(11-18(22)24)21(27)28-23-19(25)16-8-3-4-9-17(16)20(23)26/h3-10,14H,2,11-12H2,1H3. The predicted octanol–water partition coefficient (Wildman–Crippen LogP) is 2.36. The van der Waals surface area contributed by atoms with Crippen molar-refractivity contribution in [3.63, 3.8) is 0 Å². The molecule has 2 aliphatic rings. The van der Waals surface area contributed by atoms with Crippen LogP contribution in [0.3, 0.4) is 0 Å². The number of hydrogen-bond donors (Lipinski definition) is 0. The minimum Gasteiger partial charge on any atom is -0.329 e. The summed E-state index contributed by atoms with van der Waals surface area (Å²) in [6.07, 6.45) is 0.805. The SMILES string of the molecule is CCc1cccc(N2CC(C(=O)ON3C(=O)c4ccccc4C3=O)CC2=O)c1. The van der Waals surface area contributed by atoms with Gasteiger partial charge >= 0.3 is 5.97 Å². The molecule has 3 amide bonds. The molecule has 7 nitrogen and oxygen atoms in total. The number of aryl methyl sites for hydroxylation is 1. The average molecular weight is 378 g/mol. The second-order valence-corrected chi connectivity index (χ2v) is 6.79. The summed E-state index contributed by atoms with van der Waals surface area (Å²) in [5.74, 6) is -3.06. The minimum atomic E-state index is -0.767. The highest BCUT2D eigenvalue weighted by atomic mass is 16.7. The second-order valence-electron chi connectivity index (χ2n) is 6.79. The van der Waals surface area contributed by atoms with Crippen LogP contribution in [0.5, 0.6) is 0 Å². The molecule has 1 atom stereocenters. The van der Waals surface area contributed by atoms with Crippen LogP contribution in [0.2, 0.25) is 0 Å². The quantitative estimate of drug-likeness (QED) is 0.763. The van der Waals surface area contributed by atoms with Crippen LogP contribution in [0, 0.1) is 5.92 Å². The third kappa shape index (κ3) is 2.94. The predicted molar refractivity (Wildman–Crippen MR) is 99.3 cm³/mol. The van der Waals surface area contributed by atoms with Gasteiger partial charge in [-0.25, -0.2) is 4.79 Å². The molecule has 0 spiro atoms. The zero-order valence-electron chi connectivity index (χ0n) is 15.3. The Morgan fingerprint density at radius 1 is 1.04 bits per heavy atom. The van der Waals surface area contributed by atoms with E-state index in [1.807, 2.05) is 31.2 Å². The van der Waals surface area contributed by atoms with E-state index in [9.17, 15) is 19.2 Å². The Morgan fingerprint density at radius 3 is 2.36 bits per heavy atom. The Balaban J connectivity index is 1.47. The first-order valence-electron chi connectivity index (χ1n) is 9.08. The number of benzene rings is 2. The Morgan fingerprint density at radius 2 is 1.71 bits per heavy atom. The molecule has 4 rings (SSSR count). The zero-order valence-corrected chi connectivity index (χ0v) is 15.3. The number of fused-ring (bicyclic) bond motifs is 1. The Labute approximate surface area is 161 Å². The van der Waals surface area contributed by atoms with E-state index < -0.39 is 23.7 Å². The molecule has 2 aliphatic heterocycles. The van der Waals surface area contributed by atoms with Crippen LogP contribution in [0.15, 0.2) is 48.5 Å². The summed E-state index contributed by atoms with van der Waals surface area (Å²) in [6.45, 7) is 2.17. The van der Waals surface area contributed by atoms with Crippen LogP contribution in [0.25, 0.3) is 0 Å². The number of carbonyl (C=O) groups is 4. The molecule has 7 heteroatoms. The first-order valence-corrected chi connectivity index (χ1v) is 9.08. The smallest absolute Gasteiger partial charge is 0.329 e. The van der Waals surface area contributed by atoms with Gasteiger partial charge < -0.3 is 9.74 Å². The molecule has 0 saturated carbocycles. The highest BCUT2D eigenvalue weighted by molar-refractivity contribution is 6.21. The Bertz CT molecular complexity index is 965. The largest absolute Gasteiger partial charge is 0.338 e. The molecule has 2 aromatic carbocycles. The van der Waals surface area contributed by atoms with E-state index in [1.165, 1.54) is 17.0 Å². The van der Waals surface area contributed by atoms with Crippen LogP contribution in [0.1, 0.15) is 39.6 Å². The number of rotatable bonds is 4. The highest BCUT2D eigenvalue weighted by Crippen LogP contribution is 2.28. The van der Waals surface area contributed by atoms with Gasteiger partial charge in [0.25, 0.3) is 11.8 Å². The fourth-order valence-corrected chi connectivity index (χ4v) is 3.47. The van der Waals surface area contributed by atoms with Crippen LogP contribution < -0.4 is 4.90 Å². The lowest BCUT2D eigenvalue weighted by molar-refractivity contribution is -0.173. The maximum atomic E-state index is 12.5. The molecule has 0 bridgehead atoms. The molecule has 0 aromatic heterocycles. The van der Waals surface area contributed by atoms with E-state index in [4.69, 9.17) is 4.84 Å². The molecular formula is C21H18N2O5. The van der Waals surface area contributed by atoms with E-state index in [0.717, 1.165) is 17.7 Å². The first-order chi connectivity index (χ1) is 13.5. The maximum absolute atomic E-state index is 12.5. The molecule has 0 N–H and O–H groups in total. The number of anilines is 1. The lowest BCUT2D eigenvalue weighted by atomic mass is 10.1. The van der Waals surface area contributed by atoms with Crippen molar-refractivity contribution in [1.82, 2.24) is 5.06 Å². The van der Waals surface area contributed by atoms with Gasteiger partial charge in [0.15, 0.2) is 0 Å². The fourth-order valence-electron chi connectivity index (χ4n) is 3.47. The van der Waals surface area contributed by atoms with E-state index in [0.29, 0.717) is 5.06 Å². The molecule has 28 heavy (non-hydrogen) atoms. The van der Waals surface area contributed by atoms with Crippen LogP contribution in [-0.2, 0) is 20.8 Å². The topological polar surface area (TPSA) is 84.0 Å². The number of nitrogens with zero attached hydrogens (tertiary/aromatic N) is 2. The number of hydroxylamine groups is 2. The van der Waals surface area contributed by atoms with Gasteiger partial charge in [-0.05, 0) is 36.2 Å². The van der Waals surface area contributed by atoms with Crippen LogP contribution in [0.4, 0.5) is 5.69 Å². The summed E-state index contributed by atoms with van der Waals surface area (Å²) < 4.78 is 0. The molecule has 1 unspecified atom stereocenters. The molecule has 2 aromatic rings. The molecule has 1 saturated heterocycles. The third-order valence-corrected chi connectivity index (χ3v) is 5.03.